The van der Waals surface area contributed by atoms with E-state index >= 15 is 0 Å². The van der Waals surface area contributed by atoms with Crippen molar-refractivity contribution >= 4 is 17.6 Å². The topological polar surface area (TPSA) is 121 Å². The smallest absolute Gasteiger partial charge is 0.390 e. The second kappa shape index (κ2) is 13.8. The molecular weight excluding hydrogens is 308 g/mol. The third kappa shape index (κ3) is 29.0. The van der Waals surface area contributed by atoms with Crippen LogP contribution in [0.2, 0.25) is 12.1 Å². The lowest BCUT2D eigenvalue weighted by molar-refractivity contribution is 0.224. The molecule has 130 valence electrons. The van der Waals surface area contributed by atoms with Crippen molar-refractivity contribution in [3.63, 3.8) is 0 Å². The summed E-state index contributed by atoms with van der Waals surface area (Å²) < 4.78 is 0. The molecule has 0 heterocycles. The number of hydrogen-bond donors (Lipinski definition) is 6. The van der Waals surface area contributed by atoms with Crippen LogP contribution in [0.4, 0.5) is 0 Å². The van der Waals surface area contributed by atoms with Crippen LogP contribution in [0.25, 0.3) is 0 Å². The molecule has 0 aromatic heterocycles. The van der Waals surface area contributed by atoms with E-state index in [9.17, 15) is 0 Å². The van der Waals surface area contributed by atoms with Crippen molar-refractivity contribution in [1.29, 1.82) is 0 Å². The van der Waals surface area contributed by atoms with Crippen LogP contribution in [-0.2, 0) is 0 Å². The summed E-state index contributed by atoms with van der Waals surface area (Å²) in [7, 11) is -7.42. The Morgan fingerprint density at radius 2 is 0.762 bits per heavy atom. The normalized spacial score (nSPS) is 12.0. The van der Waals surface area contributed by atoms with Crippen molar-refractivity contribution in [3.05, 3.63) is 0 Å². The van der Waals surface area contributed by atoms with E-state index in [0.29, 0.717) is 0 Å². The highest BCUT2D eigenvalue weighted by Gasteiger charge is 2.25. The first-order chi connectivity index (χ1) is 9.62. The maximum Gasteiger partial charge on any atom is 0.492 e. The van der Waals surface area contributed by atoms with E-state index in [1.165, 1.54) is 12.8 Å². The Morgan fingerprint density at radius 1 is 0.476 bits per heavy atom. The van der Waals surface area contributed by atoms with Gasteiger partial charge in [-0.15, -0.1) is 0 Å². The van der Waals surface area contributed by atoms with E-state index in [1.54, 1.807) is 0 Å². The zero-order chi connectivity index (χ0) is 16.8. The van der Waals surface area contributed by atoms with Gasteiger partial charge in [-0.3, -0.25) is 0 Å². The molecule has 0 aliphatic carbocycles. The monoisotopic (exact) mass is 342 g/mol. The second-order valence-electron chi connectivity index (χ2n) is 5.52. The van der Waals surface area contributed by atoms with Gasteiger partial charge in [0.2, 0.25) is 0 Å². The molecule has 0 rings (SSSR count). The first kappa shape index (κ1) is 23.5. The molecule has 0 unspecified atom stereocenters. The standard InChI is InChI=1S/C7H18O3Si.C6H16O3Si/c1-2-3-4-5-6-7-11(8,9)10;1-2-3-4-5-6-10(7,8)9/h8-10H,2-7H2,1H3;7-9H,2-6H2,1H3. The Hall–Kier alpha value is 0.194. The lowest BCUT2D eigenvalue weighted by Gasteiger charge is -2.07. The molecule has 0 amide bonds. The molecule has 6 nitrogen and oxygen atoms in total. The Labute approximate surface area is 130 Å². The minimum absolute atomic E-state index is 0.188. The first-order valence-corrected chi connectivity index (χ1v) is 12.1. The highest BCUT2D eigenvalue weighted by atomic mass is 28.4. The average molecular weight is 343 g/mol. The van der Waals surface area contributed by atoms with Gasteiger partial charge in [-0.2, -0.15) is 0 Å². The third-order valence-corrected chi connectivity index (χ3v) is 5.03. The Morgan fingerprint density at radius 3 is 1.05 bits per heavy atom. The van der Waals surface area contributed by atoms with Crippen LogP contribution in [0.1, 0.15) is 71.6 Å². The number of unbranched alkanes of at least 4 members (excludes halogenated alkanes) is 7. The van der Waals surface area contributed by atoms with E-state index in [4.69, 9.17) is 28.8 Å². The van der Waals surface area contributed by atoms with Gasteiger partial charge in [-0.1, -0.05) is 58.8 Å². The second-order valence-corrected chi connectivity index (χ2v) is 9.62. The SMILES string of the molecule is CCCCCCC[Si](O)(O)O.CCCCCC[Si](O)(O)O. The Balaban J connectivity index is 0. The predicted molar refractivity (Wildman–Crippen MR) is 87.3 cm³/mol. The average Bonchev–Trinajstić information content (AvgIpc) is 2.33. The maximum absolute atomic E-state index is 8.62. The largest absolute Gasteiger partial charge is 0.492 e. The summed E-state index contributed by atoms with van der Waals surface area (Å²) in [6, 6.07) is 0.379. The summed E-state index contributed by atoms with van der Waals surface area (Å²) >= 11 is 0. The van der Waals surface area contributed by atoms with Gasteiger partial charge in [0.05, 0.1) is 0 Å². The van der Waals surface area contributed by atoms with Crippen molar-refractivity contribution in [2.75, 3.05) is 0 Å². The Kier molecular flexibility index (Phi) is 15.4. The quantitative estimate of drug-likeness (QED) is 0.249. The fraction of sp³-hybridized carbons (Fsp3) is 1.00. The first-order valence-electron chi connectivity index (χ1n) is 7.96. The molecular formula is C13H34O6Si2. The van der Waals surface area contributed by atoms with Gasteiger partial charge in [0.15, 0.2) is 0 Å². The number of hydrogen-bond acceptors (Lipinski definition) is 6. The van der Waals surface area contributed by atoms with Gasteiger partial charge in [-0.05, 0) is 12.8 Å². The van der Waals surface area contributed by atoms with Crippen LogP contribution >= 0.6 is 0 Å². The summed E-state index contributed by atoms with van der Waals surface area (Å²) in [4.78, 5) is 51.6. The molecule has 0 aromatic rings. The highest BCUT2D eigenvalue weighted by molar-refractivity contribution is 6.56. The van der Waals surface area contributed by atoms with Crippen molar-refractivity contribution in [2.24, 2.45) is 0 Å². The summed E-state index contributed by atoms with van der Waals surface area (Å²) in [5.74, 6) is 0. The fourth-order valence-corrected chi connectivity index (χ4v) is 3.20. The zero-order valence-corrected chi connectivity index (χ0v) is 15.5. The predicted octanol–water partition coefficient (Wildman–Crippen LogP) is 1.36. The zero-order valence-electron chi connectivity index (χ0n) is 13.5. The van der Waals surface area contributed by atoms with Crippen LogP contribution in [0.3, 0.4) is 0 Å². The van der Waals surface area contributed by atoms with E-state index in [1.807, 2.05) is 0 Å². The molecule has 0 aliphatic heterocycles. The molecule has 0 aromatic carbocycles. The van der Waals surface area contributed by atoms with E-state index in [2.05, 4.69) is 13.8 Å². The molecule has 6 N–H and O–H groups in total. The van der Waals surface area contributed by atoms with Gasteiger partial charge >= 0.3 is 17.6 Å². The van der Waals surface area contributed by atoms with Crippen LogP contribution < -0.4 is 0 Å². The molecule has 0 atom stereocenters. The van der Waals surface area contributed by atoms with Crippen molar-refractivity contribution in [2.45, 2.75) is 83.7 Å². The van der Waals surface area contributed by atoms with Crippen LogP contribution in [-0.4, -0.2) is 46.4 Å². The molecule has 0 bridgehead atoms. The molecule has 0 saturated carbocycles. The summed E-state index contributed by atoms with van der Waals surface area (Å²) in [5, 5.41) is 0. The van der Waals surface area contributed by atoms with Crippen LogP contribution in [0, 0.1) is 0 Å². The van der Waals surface area contributed by atoms with Gasteiger partial charge in [0.1, 0.15) is 0 Å². The minimum atomic E-state index is -3.72. The van der Waals surface area contributed by atoms with Crippen molar-refractivity contribution in [1.82, 2.24) is 0 Å². The molecule has 0 saturated heterocycles. The molecule has 0 fully saturated rings. The van der Waals surface area contributed by atoms with Gasteiger partial charge < -0.3 is 28.8 Å². The molecule has 0 aliphatic rings. The molecule has 0 radical (unpaired) electrons. The summed E-state index contributed by atoms with van der Waals surface area (Å²) in [5.41, 5.74) is 0. The third-order valence-electron chi connectivity index (χ3n) is 2.98. The summed E-state index contributed by atoms with van der Waals surface area (Å²) in [6.07, 6.45) is 9.15. The van der Waals surface area contributed by atoms with Gasteiger partial charge in [0, 0.05) is 12.1 Å². The van der Waals surface area contributed by atoms with E-state index in [-0.39, 0.29) is 12.1 Å². The van der Waals surface area contributed by atoms with Crippen molar-refractivity contribution < 1.29 is 28.8 Å². The van der Waals surface area contributed by atoms with Crippen LogP contribution in [0.15, 0.2) is 0 Å². The van der Waals surface area contributed by atoms with Gasteiger partial charge in [-0.25, -0.2) is 0 Å². The van der Waals surface area contributed by atoms with Crippen molar-refractivity contribution in [3.8, 4) is 0 Å². The Bertz CT molecular complexity index is 216. The lowest BCUT2D eigenvalue weighted by atomic mass is 10.2. The fourth-order valence-electron chi connectivity index (χ4n) is 1.75. The minimum Gasteiger partial charge on any atom is -0.390 e. The van der Waals surface area contributed by atoms with E-state index in [0.717, 1.165) is 44.9 Å². The lowest BCUT2D eigenvalue weighted by Crippen LogP contribution is -2.33. The maximum atomic E-state index is 8.62. The van der Waals surface area contributed by atoms with Gasteiger partial charge in [0.25, 0.3) is 0 Å². The molecule has 8 heteroatoms. The summed E-state index contributed by atoms with van der Waals surface area (Å²) in [6.45, 7) is 4.21. The number of rotatable bonds is 11. The highest BCUT2D eigenvalue weighted by Crippen LogP contribution is 2.09. The van der Waals surface area contributed by atoms with Crippen LogP contribution in [0.5, 0.6) is 0 Å². The van der Waals surface area contributed by atoms with E-state index < -0.39 is 17.6 Å². The molecule has 21 heavy (non-hydrogen) atoms. The molecule has 0 spiro atoms.